The lowest BCUT2D eigenvalue weighted by Gasteiger charge is -2.28. The number of Topliss-reactive ketones (excluding diaryl/α,β-unsaturated/α-hetero) is 2. The summed E-state index contributed by atoms with van der Waals surface area (Å²) >= 11 is 0.806. The van der Waals surface area contributed by atoms with Crippen molar-refractivity contribution in [1.82, 2.24) is 10.6 Å². The topological polar surface area (TPSA) is 199 Å². The number of cyclic esters (lactones) is 2. The summed E-state index contributed by atoms with van der Waals surface area (Å²) in [6.07, 6.45) is -2.53. The first-order chi connectivity index (χ1) is 16.7. The second-order valence-electron chi connectivity index (χ2n) is 8.69. The first kappa shape index (κ1) is 30.7. The fourth-order valence-corrected chi connectivity index (χ4v) is 3.59. The number of esters is 2. The second-order valence-corrected chi connectivity index (χ2v) is 9.84. The van der Waals surface area contributed by atoms with Gasteiger partial charge in [0.25, 0.3) is 5.91 Å². The highest BCUT2D eigenvalue weighted by Crippen LogP contribution is 2.27. The van der Waals surface area contributed by atoms with Gasteiger partial charge in [-0.25, -0.2) is 9.59 Å². The molecule has 13 nitrogen and oxygen atoms in total. The lowest BCUT2D eigenvalue weighted by Crippen LogP contribution is -2.47. The Labute approximate surface area is 211 Å². The van der Waals surface area contributed by atoms with E-state index in [0.29, 0.717) is 0 Å². The summed E-state index contributed by atoms with van der Waals surface area (Å²) in [6, 6.07) is 0. The van der Waals surface area contributed by atoms with Crippen LogP contribution >= 0.6 is 11.8 Å². The molecule has 1 aliphatic heterocycles. The Balaban J connectivity index is 2.28. The molecule has 0 aromatic rings. The molecule has 1 heterocycles. The van der Waals surface area contributed by atoms with Gasteiger partial charge in [0.15, 0.2) is 17.0 Å². The summed E-state index contributed by atoms with van der Waals surface area (Å²) in [4.78, 5) is 93.4. The smallest absolute Gasteiger partial charge is 0.418 e. The molecule has 0 spiro atoms. The van der Waals surface area contributed by atoms with E-state index in [4.69, 9.17) is 14.6 Å². The van der Waals surface area contributed by atoms with E-state index in [-0.39, 0.29) is 44.7 Å². The molecule has 0 aromatic heterocycles. The molecule has 0 aromatic carbocycles. The number of carbonyl (C=O) groups is 8. The van der Waals surface area contributed by atoms with Crippen LogP contribution in [0.3, 0.4) is 0 Å². The molecular weight excluding hydrogens is 500 g/mol. The summed E-state index contributed by atoms with van der Waals surface area (Å²) in [5.74, 6) is -6.74. The van der Waals surface area contributed by atoms with Crippen molar-refractivity contribution < 1.29 is 52.9 Å². The third-order valence-electron chi connectivity index (χ3n) is 5.12. The molecule has 2 atom stereocenters. The van der Waals surface area contributed by atoms with Crippen LogP contribution in [0.1, 0.15) is 46.5 Å². The van der Waals surface area contributed by atoms with E-state index in [0.717, 1.165) is 11.8 Å². The molecule has 1 fully saturated rings. The zero-order valence-electron chi connectivity index (χ0n) is 20.2. The molecule has 1 rings (SSSR count). The Bertz CT molecular complexity index is 916. The van der Waals surface area contributed by atoms with E-state index in [9.17, 15) is 38.4 Å². The molecule has 0 saturated carbocycles. The lowest BCUT2D eigenvalue weighted by molar-refractivity contribution is -0.168. The number of nitrogens with one attached hydrogen (secondary N) is 2. The van der Waals surface area contributed by atoms with E-state index in [1.54, 1.807) is 13.8 Å². The second kappa shape index (κ2) is 14.3. The Morgan fingerprint density at radius 1 is 1.00 bits per heavy atom. The summed E-state index contributed by atoms with van der Waals surface area (Å²) < 4.78 is 9.66. The maximum absolute atomic E-state index is 12.4. The van der Waals surface area contributed by atoms with E-state index in [1.807, 2.05) is 0 Å². The van der Waals surface area contributed by atoms with E-state index in [1.165, 1.54) is 6.92 Å². The number of ether oxygens (including phenoxy) is 2. The van der Waals surface area contributed by atoms with Crippen molar-refractivity contribution in [3.8, 4) is 0 Å². The van der Waals surface area contributed by atoms with Gasteiger partial charge in [0.2, 0.25) is 5.91 Å². The van der Waals surface area contributed by atoms with Gasteiger partial charge in [-0.1, -0.05) is 25.6 Å². The number of hydrogen-bond donors (Lipinski definition) is 3. The minimum Gasteiger partial charge on any atom is -0.481 e. The van der Waals surface area contributed by atoms with Crippen LogP contribution in [0.4, 0.5) is 0 Å². The lowest BCUT2D eigenvalue weighted by atomic mass is 9.87. The monoisotopic (exact) mass is 530 g/mol. The third kappa shape index (κ3) is 10.5. The van der Waals surface area contributed by atoms with Gasteiger partial charge in [0, 0.05) is 37.1 Å². The quantitative estimate of drug-likeness (QED) is 0.112. The van der Waals surface area contributed by atoms with Crippen LogP contribution in [0.15, 0.2) is 0 Å². The molecule has 1 unspecified atom stereocenters. The zero-order valence-corrected chi connectivity index (χ0v) is 21.1. The largest absolute Gasteiger partial charge is 0.481 e. The van der Waals surface area contributed by atoms with Crippen LogP contribution in [0, 0.1) is 11.3 Å². The van der Waals surface area contributed by atoms with Gasteiger partial charge >= 0.3 is 17.9 Å². The molecule has 3 N–H and O–H groups in total. The van der Waals surface area contributed by atoms with Gasteiger partial charge in [-0.2, -0.15) is 0 Å². The minimum atomic E-state index is -1.28. The van der Waals surface area contributed by atoms with Crippen LogP contribution in [-0.2, 0) is 47.8 Å². The van der Waals surface area contributed by atoms with Crippen LogP contribution in [0.2, 0.25) is 0 Å². The summed E-state index contributed by atoms with van der Waals surface area (Å²) in [7, 11) is 0. The molecule has 2 amide bonds. The van der Waals surface area contributed by atoms with Crippen LogP contribution < -0.4 is 10.6 Å². The summed E-state index contributed by atoms with van der Waals surface area (Å²) in [6.45, 7) is 4.34. The van der Waals surface area contributed by atoms with Gasteiger partial charge in [0.1, 0.15) is 12.4 Å². The van der Waals surface area contributed by atoms with Gasteiger partial charge in [0.05, 0.1) is 18.8 Å². The number of aliphatic carboxylic acids is 1. The van der Waals surface area contributed by atoms with Crippen LogP contribution in [-0.4, -0.2) is 83.1 Å². The Hall–Kier alpha value is -3.29. The molecular formula is C22H30N2O11S. The molecule has 14 heteroatoms. The Kier molecular flexibility index (Phi) is 12.2. The van der Waals surface area contributed by atoms with Crippen molar-refractivity contribution in [2.75, 3.05) is 25.4 Å². The number of carboxylic acid groups (broad SMARTS) is 1. The highest BCUT2D eigenvalue weighted by atomic mass is 32.2. The Morgan fingerprint density at radius 2 is 1.67 bits per heavy atom. The van der Waals surface area contributed by atoms with E-state index < -0.39 is 70.3 Å². The van der Waals surface area contributed by atoms with Crippen molar-refractivity contribution in [3.63, 3.8) is 0 Å². The number of amides is 2. The fourth-order valence-electron chi connectivity index (χ4n) is 2.92. The minimum absolute atomic E-state index is 0.0715. The highest BCUT2D eigenvalue weighted by Gasteiger charge is 2.44. The molecule has 0 aliphatic carbocycles. The van der Waals surface area contributed by atoms with Crippen molar-refractivity contribution in [2.45, 2.75) is 52.6 Å². The van der Waals surface area contributed by atoms with E-state index >= 15 is 0 Å². The predicted molar refractivity (Wildman–Crippen MR) is 123 cm³/mol. The average Bonchev–Trinajstić information content (AvgIpc) is 2.90. The summed E-state index contributed by atoms with van der Waals surface area (Å²) in [5.41, 5.74) is -0.969. The molecule has 200 valence electrons. The standard InChI is InChI=1S/C22H30N2O11S/c1-12(13(25)4-5-16(28)29)14(26)10-17(30)36-9-8-23-15(27)6-7-24-19(31)18-22(2,3)11-34-20(32)21(33)35-18/h12,18H,4-11H2,1-3H3,(H,23,27)(H,24,31)(H,28,29)/t12?,18-/m0/s1. The maximum Gasteiger partial charge on any atom is 0.418 e. The highest BCUT2D eigenvalue weighted by molar-refractivity contribution is 8.13. The van der Waals surface area contributed by atoms with Gasteiger partial charge in [-0.05, 0) is 6.92 Å². The molecule has 0 bridgehead atoms. The van der Waals surface area contributed by atoms with Gasteiger partial charge in [-0.3, -0.25) is 28.8 Å². The molecule has 0 radical (unpaired) electrons. The normalized spacial score (nSPS) is 17.6. The number of hydrogen-bond acceptors (Lipinski definition) is 11. The fraction of sp³-hybridized carbons (Fsp3) is 0.636. The molecule has 36 heavy (non-hydrogen) atoms. The van der Waals surface area contributed by atoms with Crippen molar-refractivity contribution in [1.29, 1.82) is 0 Å². The first-order valence-electron chi connectivity index (χ1n) is 11.1. The summed E-state index contributed by atoms with van der Waals surface area (Å²) in [5, 5.41) is 13.1. The molecule has 1 saturated heterocycles. The number of thioether (sulfide) groups is 1. The maximum atomic E-state index is 12.4. The van der Waals surface area contributed by atoms with Crippen molar-refractivity contribution in [2.24, 2.45) is 11.3 Å². The van der Waals surface area contributed by atoms with Gasteiger partial charge < -0.3 is 25.2 Å². The Morgan fingerprint density at radius 3 is 2.31 bits per heavy atom. The number of carboxylic acids is 1. The SMILES string of the molecule is CC(C(=O)CCC(=O)O)C(=O)CC(=O)SCCNC(=O)CCNC(=O)[C@@H]1OC(=O)C(=O)OCC1(C)C. The number of ketones is 2. The van der Waals surface area contributed by atoms with Crippen LogP contribution in [0.5, 0.6) is 0 Å². The average molecular weight is 531 g/mol. The van der Waals surface area contributed by atoms with E-state index in [2.05, 4.69) is 10.6 Å². The predicted octanol–water partition coefficient (Wildman–Crippen LogP) is -0.607. The number of rotatable bonds is 14. The first-order valence-corrected chi connectivity index (χ1v) is 12.1. The third-order valence-corrected chi connectivity index (χ3v) is 6.00. The van der Waals surface area contributed by atoms with Crippen molar-refractivity contribution in [3.05, 3.63) is 0 Å². The van der Waals surface area contributed by atoms with Crippen LogP contribution in [0.25, 0.3) is 0 Å². The van der Waals surface area contributed by atoms with Gasteiger partial charge in [-0.15, -0.1) is 0 Å². The zero-order chi connectivity index (χ0) is 27.5. The number of carbonyl (C=O) groups excluding carboxylic acids is 7. The van der Waals surface area contributed by atoms with Crippen molar-refractivity contribution >= 4 is 58.2 Å². The molecule has 1 aliphatic rings.